The molecule has 1 rings (SSSR count). The molecule has 0 saturated heterocycles. The minimum atomic E-state index is -3.51. The molecule has 0 atom stereocenters. The highest BCUT2D eigenvalue weighted by Crippen LogP contribution is 2.27. The van der Waals surface area contributed by atoms with E-state index in [1.54, 1.807) is 6.92 Å². The van der Waals surface area contributed by atoms with Crippen LogP contribution in [0.25, 0.3) is 0 Å². The van der Waals surface area contributed by atoms with Gasteiger partial charge in [-0.1, -0.05) is 51.4 Å². The van der Waals surface area contributed by atoms with E-state index in [4.69, 9.17) is 5.73 Å². The summed E-state index contributed by atoms with van der Waals surface area (Å²) in [7, 11) is -3.51. The summed E-state index contributed by atoms with van der Waals surface area (Å²) >= 11 is 1.01. The second-order valence-electron chi connectivity index (χ2n) is 5.87. The Balaban J connectivity index is 2.66. The second-order valence-corrected chi connectivity index (χ2v) is 8.86. The Kier molecular flexibility index (Phi) is 5.97. The van der Waals surface area contributed by atoms with E-state index in [1.165, 1.54) is 12.8 Å². The molecule has 0 aliphatic carbocycles. The summed E-state index contributed by atoms with van der Waals surface area (Å²) in [5.41, 5.74) is 5.97. The van der Waals surface area contributed by atoms with Crippen molar-refractivity contribution in [1.82, 2.24) is 9.71 Å². The molecule has 0 unspecified atom stereocenters. The predicted octanol–water partition coefficient (Wildman–Crippen LogP) is 2.92. The molecule has 0 spiro atoms. The van der Waals surface area contributed by atoms with Crippen molar-refractivity contribution in [2.75, 3.05) is 12.3 Å². The van der Waals surface area contributed by atoms with Crippen molar-refractivity contribution in [1.29, 1.82) is 0 Å². The molecule has 5 nitrogen and oxygen atoms in total. The molecule has 0 saturated carbocycles. The lowest BCUT2D eigenvalue weighted by Crippen LogP contribution is -2.34. The van der Waals surface area contributed by atoms with Crippen LogP contribution in [0.2, 0.25) is 0 Å². The van der Waals surface area contributed by atoms with Crippen LogP contribution >= 0.6 is 11.3 Å². The van der Waals surface area contributed by atoms with Crippen LogP contribution in [-0.2, 0) is 10.0 Å². The Morgan fingerprint density at radius 3 is 2.50 bits per heavy atom. The highest BCUT2D eigenvalue weighted by molar-refractivity contribution is 7.91. The smallest absolute Gasteiger partial charge is 0.252 e. The minimum absolute atomic E-state index is 0.0492. The lowest BCUT2D eigenvalue weighted by molar-refractivity contribution is 0.320. The van der Waals surface area contributed by atoms with Crippen LogP contribution in [0.5, 0.6) is 0 Å². The van der Waals surface area contributed by atoms with E-state index >= 15 is 0 Å². The molecule has 7 heteroatoms. The summed E-state index contributed by atoms with van der Waals surface area (Å²) in [5, 5.41) is 0.282. The number of hydrogen-bond acceptors (Lipinski definition) is 5. The van der Waals surface area contributed by atoms with Gasteiger partial charge in [0.05, 0.1) is 5.69 Å². The Labute approximate surface area is 126 Å². The fourth-order valence-corrected chi connectivity index (χ4v) is 4.53. The van der Waals surface area contributed by atoms with E-state index in [-0.39, 0.29) is 14.8 Å². The Morgan fingerprint density at radius 1 is 1.35 bits per heavy atom. The molecule has 1 aromatic heterocycles. The topological polar surface area (TPSA) is 85.1 Å². The van der Waals surface area contributed by atoms with Crippen molar-refractivity contribution >= 4 is 26.5 Å². The molecule has 1 heterocycles. The molecule has 0 bridgehead atoms. The Hall–Kier alpha value is -0.660. The number of aryl methyl sites for hydroxylation is 1. The number of nitrogen functional groups attached to an aromatic ring is 1. The first kappa shape index (κ1) is 17.4. The summed E-state index contributed by atoms with van der Waals surface area (Å²) in [4.78, 5) is 3.96. The van der Waals surface area contributed by atoms with Crippen molar-refractivity contribution in [3.63, 3.8) is 0 Å². The summed E-state index contributed by atoms with van der Waals surface area (Å²) in [6, 6.07) is 0. The van der Waals surface area contributed by atoms with Gasteiger partial charge in [0, 0.05) is 6.54 Å². The van der Waals surface area contributed by atoms with Gasteiger partial charge in [-0.25, -0.2) is 18.1 Å². The van der Waals surface area contributed by atoms with Gasteiger partial charge in [0.25, 0.3) is 10.0 Å². The van der Waals surface area contributed by atoms with Crippen LogP contribution in [0.3, 0.4) is 0 Å². The van der Waals surface area contributed by atoms with Gasteiger partial charge in [-0.3, -0.25) is 0 Å². The maximum absolute atomic E-state index is 12.2. The molecule has 0 radical (unpaired) electrons. The van der Waals surface area contributed by atoms with Gasteiger partial charge in [-0.2, -0.15) is 0 Å². The quantitative estimate of drug-likeness (QED) is 0.721. The van der Waals surface area contributed by atoms with Crippen LogP contribution in [0.15, 0.2) is 4.21 Å². The number of sulfonamides is 1. The minimum Gasteiger partial charge on any atom is -0.375 e. The third-order valence-corrected chi connectivity index (χ3v) is 6.21. The van der Waals surface area contributed by atoms with E-state index in [0.717, 1.165) is 24.2 Å². The fourth-order valence-electron chi connectivity index (χ4n) is 1.95. The number of thiazole rings is 1. The van der Waals surface area contributed by atoms with Gasteiger partial charge in [-0.15, -0.1) is 0 Å². The molecular formula is C13H25N3O2S2. The van der Waals surface area contributed by atoms with Gasteiger partial charge in [-0.05, 0) is 18.8 Å². The monoisotopic (exact) mass is 319 g/mol. The molecule has 1 aromatic rings. The van der Waals surface area contributed by atoms with E-state index in [2.05, 4.69) is 30.5 Å². The van der Waals surface area contributed by atoms with E-state index in [1.807, 2.05) is 0 Å². The number of nitrogens with two attached hydrogens (primary N) is 1. The van der Waals surface area contributed by atoms with Crippen molar-refractivity contribution in [3.8, 4) is 0 Å². The fraction of sp³-hybridized carbons (Fsp3) is 0.769. The zero-order valence-electron chi connectivity index (χ0n) is 12.7. The lowest BCUT2D eigenvalue weighted by Gasteiger charge is -2.24. The van der Waals surface area contributed by atoms with Gasteiger partial charge in [0.1, 0.15) is 0 Å². The summed E-state index contributed by atoms with van der Waals surface area (Å²) in [5.74, 6) is 0. The predicted molar refractivity (Wildman–Crippen MR) is 84.4 cm³/mol. The van der Waals surface area contributed by atoms with Gasteiger partial charge < -0.3 is 5.73 Å². The summed E-state index contributed by atoms with van der Waals surface area (Å²) in [6.45, 7) is 8.41. The Morgan fingerprint density at radius 2 is 2.00 bits per heavy atom. The summed E-state index contributed by atoms with van der Waals surface area (Å²) in [6.07, 6.45) is 4.48. The molecule has 0 aromatic carbocycles. The van der Waals surface area contributed by atoms with E-state index in [0.29, 0.717) is 12.2 Å². The van der Waals surface area contributed by atoms with Crippen molar-refractivity contribution in [2.45, 2.75) is 57.6 Å². The maximum atomic E-state index is 12.2. The lowest BCUT2D eigenvalue weighted by atomic mass is 9.87. The van der Waals surface area contributed by atoms with Crippen LogP contribution in [-0.4, -0.2) is 19.9 Å². The first-order chi connectivity index (χ1) is 9.18. The summed E-state index contributed by atoms with van der Waals surface area (Å²) < 4.78 is 27.4. The van der Waals surface area contributed by atoms with Crippen LogP contribution in [0, 0.1) is 12.3 Å². The number of hydrogen-bond donors (Lipinski definition) is 2. The highest BCUT2D eigenvalue weighted by Gasteiger charge is 2.25. The number of rotatable bonds is 8. The number of anilines is 1. The average Bonchev–Trinajstić information content (AvgIpc) is 2.67. The molecule has 116 valence electrons. The molecule has 3 N–H and O–H groups in total. The van der Waals surface area contributed by atoms with Gasteiger partial charge >= 0.3 is 0 Å². The van der Waals surface area contributed by atoms with Crippen LogP contribution in [0.4, 0.5) is 5.13 Å². The molecule has 20 heavy (non-hydrogen) atoms. The first-order valence-corrected chi connectivity index (χ1v) is 9.20. The SMILES string of the molecule is CCCCCC(C)(C)CNS(=O)(=O)c1sc(N)nc1C. The van der Waals surface area contributed by atoms with Gasteiger partial charge in [0.15, 0.2) is 9.34 Å². The average molecular weight is 319 g/mol. The van der Waals surface area contributed by atoms with Crippen LogP contribution < -0.4 is 10.5 Å². The maximum Gasteiger partial charge on any atom is 0.252 e. The highest BCUT2D eigenvalue weighted by atomic mass is 32.2. The van der Waals surface area contributed by atoms with Crippen molar-refractivity contribution in [3.05, 3.63) is 5.69 Å². The Bertz CT molecular complexity index is 536. The zero-order chi connectivity index (χ0) is 15.4. The number of nitrogens with zero attached hydrogens (tertiary/aromatic N) is 1. The third kappa shape index (κ3) is 5.03. The zero-order valence-corrected chi connectivity index (χ0v) is 14.3. The van der Waals surface area contributed by atoms with Crippen LogP contribution in [0.1, 0.15) is 52.1 Å². The number of nitrogens with one attached hydrogen (secondary N) is 1. The van der Waals surface area contributed by atoms with Crippen molar-refractivity contribution < 1.29 is 8.42 Å². The molecule has 0 amide bonds. The van der Waals surface area contributed by atoms with E-state index < -0.39 is 10.0 Å². The molecular weight excluding hydrogens is 294 g/mol. The third-order valence-electron chi connectivity index (χ3n) is 3.21. The first-order valence-electron chi connectivity index (χ1n) is 6.90. The standard InChI is InChI=1S/C13H25N3O2S2/c1-5-6-7-8-13(3,4)9-15-20(17,18)11-10(2)16-12(14)19-11/h15H,5-9H2,1-4H3,(H2,14,16). The normalized spacial score (nSPS) is 12.8. The molecule has 0 aliphatic heterocycles. The molecule has 0 fully saturated rings. The molecule has 0 aliphatic rings. The van der Waals surface area contributed by atoms with E-state index in [9.17, 15) is 8.42 Å². The van der Waals surface area contributed by atoms with Gasteiger partial charge in [0.2, 0.25) is 0 Å². The largest absolute Gasteiger partial charge is 0.375 e. The number of unbranched alkanes of at least 4 members (excludes halogenated alkanes) is 2. The van der Waals surface area contributed by atoms with Crippen molar-refractivity contribution in [2.24, 2.45) is 5.41 Å². The second kappa shape index (κ2) is 6.87. The number of aromatic nitrogens is 1.